The van der Waals surface area contributed by atoms with E-state index in [0.29, 0.717) is 24.3 Å². The van der Waals surface area contributed by atoms with E-state index in [-0.39, 0.29) is 5.78 Å². The van der Waals surface area contributed by atoms with Crippen molar-refractivity contribution in [2.24, 2.45) is 0 Å². The number of ketones is 1. The summed E-state index contributed by atoms with van der Waals surface area (Å²) in [6.45, 7) is 6.30. The molecule has 1 aliphatic rings. The molecule has 96 valence electrons. The average molecular weight is 246 g/mol. The minimum absolute atomic E-state index is 0.126. The molecule has 3 nitrogen and oxygen atoms in total. The maximum atomic E-state index is 11.9. The molecule has 0 aromatic heterocycles. The summed E-state index contributed by atoms with van der Waals surface area (Å²) >= 11 is 0. The predicted molar refractivity (Wildman–Crippen MR) is 70.4 cm³/mol. The Morgan fingerprint density at radius 1 is 1.44 bits per heavy atom. The van der Waals surface area contributed by atoms with Crippen LogP contribution in [-0.2, 0) is 0 Å². The second-order valence-corrected chi connectivity index (χ2v) is 5.00. The van der Waals surface area contributed by atoms with Gasteiger partial charge in [-0.1, -0.05) is 12.2 Å². The highest BCUT2D eigenvalue weighted by atomic mass is 16.5. The first-order valence-electron chi connectivity index (χ1n) is 6.12. The van der Waals surface area contributed by atoms with Crippen LogP contribution in [0.4, 0.5) is 0 Å². The molecule has 0 radical (unpaired) electrons. The van der Waals surface area contributed by atoms with E-state index in [0.717, 1.165) is 5.75 Å². The summed E-state index contributed by atoms with van der Waals surface area (Å²) < 4.78 is 11.4. The van der Waals surface area contributed by atoms with Crippen molar-refractivity contribution in [3.05, 3.63) is 35.9 Å². The highest BCUT2D eigenvalue weighted by Gasteiger charge is 2.32. The summed E-state index contributed by atoms with van der Waals surface area (Å²) in [4.78, 5) is 11.9. The first-order valence-corrected chi connectivity index (χ1v) is 6.12. The molecular weight excluding hydrogens is 228 g/mol. The molecule has 1 aromatic rings. The maximum absolute atomic E-state index is 11.9. The molecule has 0 unspecified atom stereocenters. The van der Waals surface area contributed by atoms with E-state index < -0.39 is 5.60 Å². The first kappa shape index (κ1) is 12.7. The van der Waals surface area contributed by atoms with E-state index in [9.17, 15) is 4.79 Å². The van der Waals surface area contributed by atoms with Gasteiger partial charge in [0.05, 0.1) is 12.0 Å². The number of carbonyl (C=O) groups is 1. The van der Waals surface area contributed by atoms with Crippen LogP contribution in [0.3, 0.4) is 0 Å². The van der Waals surface area contributed by atoms with Gasteiger partial charge in [-0.15, -0.1) is 0 Å². The molecule has 1 heterocycles. The van der Waals surface area contributed by atoms with E-state index in [1.165, 1.54) is 0 Å². The van der Waals surface area contributed by atoms with Gasteiger partial charge in [0.2, 0.25) is 0 Å². The minimum atomic E-state index is -0.438. The van der Waals surface area contributed by atoms with Crippen molar-refractivity contribution in [1.29, 1.82) is 0 Å². The number of ether oxygens (including phenoxy) is 2. The van der Waals surface area contributed by atoms with Crippen LogP contribution in [0.5, 0.6) is 11.5 Å². The molecule has 18 heavy (non-hydrogen) atoms. The molecule has 0 bridgehead atoms. The predicted octanol–water partition coefficient (Wildman–Crippen LogP) is 3.39. The fraction of sp³-hybridized carbons (Fsp3) is 0.400. The Balaban J connectivity index is 2.23. The van der Waals surface area contributed by atoms with Gasteiger partial charge in [0.1, 0.15) is 23.7 Å². The fourth-order valence-corrected chi connectivity index (χ4v) is 1.96. The lowest BCUT2D eigenvalue weighted by atomic mass is 9.93. The Kier molecular flexibility index (Phi) is 3.41. The van der Waals surface area contributed by atoms with Crippen LogP contribution >= 0.6 is 0 Å². The molecule has 0 saturated heterocycles. The van der Waals surface area contributed by atoms with Crippen LogP contribution in [-0.4, -0.2) is 18.0 Å². The smallest absolute Gasteiger partial charge is 0.170 e. The summed E-state index contributed by atoms with van der Waals surface area (Å²) in [6.07, 6.45) is 4.27. The molecule has 2 rings (SSSR count). The molecule has 0 aliphatic carbocycles. The summed E-state index contributed by atoms with van der Waals surface area (Å²) in [5.41, 5.74) is 0.208. The Morgan fingerprint density at radius 3 is 2.94 bits per heavy atom. The highest BCUT2D eigenvalue weighted by molar-refractivity contribution is 6.00. The van der Waals surface area contributed by atoms with E-state index in [4.69, 9.17) is 9.47 Å². The van der Waals surface area contributed by atoms with E-state index in [1.54, 1.807) is 12.1 Å². The number of allylic oxidation sites excluding steroid dienone is 1. The lowest BCUT2D eigenvalue weighted by Gasteiger charge is -2.31. The molecule has 0 saturated carbocycles. The van der Waals surface area contributed by atoms with Gasteiger partial charge in [0.25, 0.3) is 0 Å². The number of rotatable bonds is 3. The van der Waals surface area contributed by atoms with E-state index >= 15 is 0 Å². The van der Waals surface area contributed by atoms with Crippen LogP contribution in [0.1, 0.15) is 37.6 Å². The lowest BCUT2D eigenvalue weighted by molar-refractivity contribution is 0.0618. The Hall–Kier alpha value is -1.77. The van der Waals surface area contributed by atoms with Crippen molar-refractivity contribution in [2.45, 2.75) is 32.8 Å². The fourth-order valence-electron chi connectivity index (χ4n) is 1.96. The Bertz CT molecular complexity index is 487. The number of carbonyl (C=O) groups excluding carboxylic acids is 1. The summed E-state index contributed by atoms with van der Waals surface area (Å²) in [7, 11) is 0. The van der Waals surface area contributed by atoms with Crippen molar-refractivity contribution < 1.29 is 14.3 Å². The Morgan fingerprint density at radius 2 is 2.22 bits per heavy atom. The zero-order valence-corrected chi connectivity index (χ0v) is 11.0. The van der Waals surface area contributed by atoms with Gasteiger partial charge in [-0.2, -0.15) is 0 Å². The normalized spacial score (nSPS) is 17.4. The second kappa shape index (κ2) is 4.84. The Labute approximate surface area is 107 Å². The van der Waals surface area contributed by atoms with Crippen molar-refractivity contribution in [1.82, 2.24) is 0 Å². The third-order valence-electron chi connectivity index (χ3n) is 2.81. The van der Waals surface area contributed by atoms with Crippen LogP contribution in [0.25, 0.3) is 0 Å². The van der Waals surface area contributed by atoms with Crippen molar-refractivity contribution in [2.75, 3.05) is 6.61 Å². The molecule has 1 aliphatic heterocycles. The maximum Gasteiger partial charge on any atom is 0.170 e. The molecular formula is C15H18O3. The molecule has 0 fully saturated rings. The first-order chi connectivity index (χ1) is 8.52. The van der Waals surface area contributed by atoms with Gasteiger partial charge in [-0.05, 0) is 32.9 Å². The quantitative estimate of drug-likeness (QED) is 0.767. The SMILES string of the molecule is CC=CCOc1ccc2c(c1)OC(C)(C)CC2=O. The summed E-state index contributed by atoms with van der Waals surface area (Å²) in [5, 5.41) is 0. The molecule has 0 N–H and O–H groups in total. The second-order valence-electron chi connectivity index (χ2n) is 5.00. The number of hydrogen-bond acceptors (Lipinski definition) is 3. The minimum Gasteiger partial charge on any atom is -0.489 e. The number of hydrogen-bond donors (Lipinski definition) is 0. The lowest BCUT2D eigenvalue weighted by Crippen LogP contribution is -2.35. The standard InChI is InChI=1S/C15H18O3/c1-4-5-8-17-11-6-7-12-13(16)10-15(2,3)18-14(12)9-11/h4-7,9H,8,10H2,1-3H3. The molecule has 1 aromatic carbocycles. The van der Waals surface area contributed by atoms with E-state index in [1.807, 2.05) is 39.0 Å². The van der Waals surface area contributed by atoms with Crippen LogP contribution in [0.2, 0.25) is 0 Å². The molecule has 3 heteroatoms. The van der Waals surface area contributed by atoms with Crippen molar-refractivity contribution in [3.8, 4) is 11.5 Å². The van der Waals surface area contributed by atoms with Crippen molar-refractivity contribution in [3.63, 3.8) is 0 Å². The third-order valence-corrected chi connectivity index (χ3v) is 2.81. The molecule has 0 spiro atoms. The molecule has 0 amide bonds. The van der Waals surface area contributed by atoms with Gasteiger partial charge < -0.3 is 9.47 Å². The monoisotopic (exact) mass is 246 g/mol. The largest absolute Gasteiger partial charge is 0.489 e. The average Bonchev–Trinajstić information content (AvgIpc) is 2.27. The van der Waals surface area contributed by atoms with Gasteiger partial charge >= 0.3 is 0 Å². The topological polar surface area (TPSA) is 35.5 Å². The van der Waals surface area contributed by atoms with E-state index in [2.05, 4.69) is 0 Å². The summed E-state index contributed by atoms with van der Waals surface area (Å²) in [6, 6.07) is 5.37. The highest BCUT2D eigenvalue weighted by Crippen LogP contribution is 2.35. The van der Waals surface area contributed by atoms with Gasteiger partial charge in [0, 0.05) is 6.07 Å². The zero-order valence-electron chi connectivity index (χ0n) is 11.0. The van der Waals surface area contributed by atoms with Crippen LogP contribution < -0.4 is 9.47 Å². The number of fused-ring (bicyclic) bond motifs is 1. The summed E-state index contributed by atoms with van der Waals surface area (Å²) in [5.74, 6) is 1.47. The molecule has 0 atom stereocenters. The third kappa shape index (κ3) is 2.73. The zero-order chi connectivity index (χ0) is 13.2. The van der Waals surface area contributed by atoms with Gasteiger partial charge in [-0.3, -0.25) is 4.79 Å². The van der Waals surface area contributed by atoms with Crippen LogP contribution in [0, 0.1) is 0 Å². The van der Waals surface area contributed by atoms with Gasteiger partial charge in [-0.25, -0.2) is 0 Å². The van der Waals surface area contributed by atoms with Gasteiger partial charge in [0.15, 0.2) is 5.78 Å². The number of benzene rings is 1. The van der Waals surface area contributed by atoms with Crippen molar-refractivity contribution >= 4 is 5.78 Å². The number of Topliss-reactive ketones (excluding diaryl/α,β-unsaturated/α-hetero) is 1. The van der Waals surface area contributed by atoms with Crippen LogP contribution in [0.15, 0.2) is 30.4 Å².